The van der Waals surface area contributed by atoms with Gasteiger partial charge in [-0.05, 0) is 42.0 Å². The molecular weight excluding hydrogens is 548 g/mol. The zero-order valence-corrected chi connectivity index (χ0v) is 24.9. The Bertz CT molecular complexity index is 1420. The van der Waals surface area contributed by atoms with Crippen LogP contribution in [0.15, 0.2) is 77.9 Å². The molecule has 2 amide bonds. The van der Waals surface area contributed by atoms with Crippen LogP contribution in [0.4, 0.5) is 0 Å². The van der Waals surface area contributed by atoms with Gasteiger partial charge in [-0.15, -0.1) is 0 Å². The molecule has 0 aliphatic carbocycles. The fourth-order valence-corrected chi connectivity index (χ4v) is 5.37. The lowest BCUT2D eigenvalue weighted by molar-refractivity contribution is -0.133. The third-order valence-electron chi connectivity index (χ3n) is 7.81. The van der Waals surface area contributed by atoms with E-state index < -0.39 is 0 Å². The minimum Gasteiger partial charge on any atom is -0.497 e. The smallest absolute Gasteiger partial charge is 0.262 e. The van der Waals surface area contributed by atoms with E-state index in [-0.39, 0.29) is 24.4 Å². The van der Waals surface area contributed by atoms with E-state index in [1.54, 1.807) is 56.6 Å². The first-order valence-electron chi connectivity index (χ1n) is 14.4. The topological polar surface area (TPSA) is 93.1 Å². The second-order valence-corrected chi connectivity index (χ2v) is 10.4. The van der Waals surface area contributed by atoms with Gasteiger partial charge in [-0.1, -0.05) is 30.3 Å². The molecule has 2 heterocycles. The number of morpholine rings is 1. The molecule has 2 aliphatic heterocycles. The van der Waals surface area contributed by atoms with Crippen LogP contribution in [0.25, 0.3) is 0 Å². The quantitative estimate of drug-likeness (QED) is 0.337. The number of nitrogens with zero attached hydrogens (tertiary/aromatic N) is 4. The molecule has 0 spiro atoms. The Labute approximate surface area is 252 Å². The van der Waals surface area contributed by atoms with Crippen LogP contribution in [-0.4, -0.2) is 99.6 Å². The van der Waals surface area contributed by atoms with Crippen molar-refractivity contribution in [3.05, 3.63) is 89.5 Å². The van der Waals surface area contributed by atoms with Crippen molar-refractivity contribution < 1.29 is 28.5 Å². The molecule has 1 saturated heterocycles. The largest absolute Gasteiger partial charge is 0.497 e. The number of rotatable bonds is 11. The highest BCUT2D eigenvalue weighted by Gasteiger charge is 2.35. The van der Waals surface area contributed by atoms with Crippen LogP contribution < -0.4 is 14.2 Å². The molecule has 0 saturated carbocycles. The van der Waals surface area contributed by atoms with Crippen LogP contribution in [0, 0.1) is 0 Å². The molecule has 2 aliphatic rings. The van der Waals surface area contributed by atoms with Crippen molar-refractivity contribution in [1.82, 2.24) is 14.8 Å². The molecule has 0 aromatic heterocycles. The lowest BCUT2D eigenvalue weighted by atomic mass is 9.98. The zero-order chi connectivity index (χ0) is 30.2. The van der Waals surface area contributed by atoms with E-state index in [1.165, 1.54) is 5.01 Å². The molecule has 10 nitrogen and oxygen atoms in total. The predicted octanol–water partition coefficient (Wildman–Crippen LogP) is 3.86. The molecule has 3 aromatic carbocycles. The van der Waals surface area contributed by atoms with E-state index >= 15 is 0 Å². The number of amides is 2. The fraction of sp³-hybridized carbons (Fsp3) is 0.364. The summed E-state index contributed by atoms with van der Waals surface area (Å²) in [6.45, 7) is 3.81. The summed E-state index contributed by atoms with van der Waals surface area (Å²) in [6.07, 6.45) is 0.499. The van der Waals surface area contributed by atoms with Gasteiger partial charge in [0.2, 0.25) is 0 Å². The van der Waals surface area contributed by atoms with E-state index in [4.69, 9.17) is 24.0 Å². The average Bonchev–Trinajstić information content (AvgIpc) is 3.52. The molecule has 0 N–H and O–H groups in total. The van der Waals surface area contributed by atoms with Gasteiger partial charge in [0.15, 0.2) is 0 Å². The SMILES string of the molecule is COc1ccc(C(=O)N(CCN2CCOCC2)CC(=O)N2N=C(c3ccc(OC)cc3OC)C[C@@H]2c2ccccc2)cc1. The van der Waals surface area contributed by atoms with Gasteiger partial charge < -0.3 is 23.8 Å². The minimum absolute atomic E-state index is 0.116. The molecule has 0 unspecified atom stereocenters. The number of ether oxygens (including phenoxy) is 4. The van der Waals surface area contributed by atoms with Crippen LogP contribution in [0.3, 0.4) is 0 Å². The van der Waals surface area contributed by atoms with Crippen molar-refractivity contribution in [2.24, 2.45) is 5.10 Å². The lowest BCUT2D eigenvalue weighted by Crippen LogP contribution is -2.46. The van der Waals surface area contributed by atoms with E-state index in [0.717, 1.165) is 29.9 Å². The lowest BCUT2D eigenvalue weighted by Gasteiger charge is -2.31. The van der Waals surface area contributed by atoms with Crippen LogP contribution in [-0.2, 0) is 9.53 Å². The second kappa shape index (κ2) is 14.2. The molecule has 226 valence electrons. The molecular formula is C33H38N4O6. The summed E-state index contributed by atoms with van der Waals surface area (Å²) < 4.78 is 21.8. The van der Waals surface area contributed by atoms with Gasteiger partial charge in [-0.3, -0.25) is 14.5 Å². The Kier molecular flexibility index (Phi) is 9.91. The summed E-state index contributed by atoms with van der Waals surface area (Å²) in [4.78, 5) is 31.7. The second-order valence-electron chi connectivity index (χ2n) is 10.4. The van der Waals surface area contributed by atoms with E-state index in [1.807, 2.05) is 42.5 Å². The van der Waals surface area contributed by atoms with Crippen molar-refractivity contribution in [2.45, 2.75) is 12.5 Å². The molecule has 1 atom stereocenters. The van der Waals surface area contributed by atoms with E-state index in [0.29, 0.717) is 55.5 Å². The summed E-state index contributed by atoms with van der Waals surface area (Å²) in [5, 5.41) is 6.36. The number of hydrazone groups is 1. The first kappa shape index (κ1) is 30.1. The number of carbonyl (C=O) groups excluding carboxylic acids is 2. The van der Waals surface area contributed by atoms with Gasteiger partial charge in [0.05, 0.1) is 46.3 Å². The summed E-state index contributed by atoms with van der Waals surface area (Å²) in [5.41, 5.74) is 2.97. The van der Waals surface area contributed by atoms with Gasteiger partial charge in [0, 0.05) is 49.8 Å². The van der Waals surface area contributed by atoms with Crippen molar-refractivity contribution >= 4 is 17.5 Å². The van der Waals surface area contributed by atoms with E-state index in [9.17, 15) is 9.59 Å². The molecule has 5 rings (SSSR count). The number of methoxy groups -OCH3 is 3. The monoisotopic (exact) mass is 586 g/mol. The highest BCUT2D eigenvalue weighted by molar-refractivity contribution is 6.05. The highest BCUT2D eigenvalue weighted by atomic mass is 16.5. The van der Waals surface area contributed by atoms with Crippen LogP contribution in [0.5, 0.6) is 17.2 Å². The predicted molar refractivity (Wildman–Crippen MR) is 163 cm³/mol. The van der Waals surface area contributed by atoms with Crippen LogP contribution in [0.2, 0.25) is 0 Å². The number of hydrogen-bond donors (Lipinski definition) is 0. The van der Waals surface area contributed by atoms with Gasteiger partial charge >= 0.3 is 0 Å². The molecule has 0 radical (unpaired) electrons. The van der Waals surface area contributed by atoms with Crippen molar-refractivity contribution in [3.8, 4) is 17.2 Å². The van der Waals surface area contributed by atoms with Gasteiger partial charge in [0.25, 0.3) is 11.8 Å². The highest BCUT2D eigenvalue weighted by Crippen LogP contribution is 2.36. The first-order chi connectivity index (χ1) is 21.0. The normalized spacial score (nSPS) is 16.9. The van der Waals surface area contributed by atoms with Crippen molar-refractivity contribution in [2.75, 3.05) is 67.3 Å². The van der Waals surface area contributed by atoms with Gasteiger partial charge in [0.1, 0.15) is 23.8 Å². The third-order valence-corrected chi connectivity index (χ3v) is 7.81. The molecule has 10 heteroatoms. The maximum Gasteiger partial charge on any atom is 0.262 e. The average molecular weight is 587 g/mol. The summed E-state index contributed by atoms with van der Waals surface area (Å²) >= 11 is 0. The molecule has 1 fully saturated rings. The van der Waals surface area contributed by atoms with Gasteiger partial charge in [-0.25, -0.2) is 5.01 Å². The number of hydrogen-bond acceptors (Lipinski definition) is 8. The molecule has 43 heavy (non-hydrogen) atoms. The number of carbonyl (C=O) groups is 2. The number of benzene rings is 3. The Morgan fingerprint density at radius 1 is 0.907 bits per heavy atom. The summed E-state index contributed by atoms with van der Waals surface area (Å²) in [6, 6.07) is 22.0. The van der Waals surface area contributed by atoms with Crippen molar-refractivity contribution in [1.29, 1.82) is 0 Å². The minimum atomic E-state index is -0.326. The molecule has 3 aromatic rings. The Morgan fingerprint density at radius 2 is 1.60 bits per heavy atom. The Morgan fingerprint density at radius 3 is 2.28 bits per heavy atom. The first-order valence-corrected chi connectivity index (χ1v) is 14.4. The van der Waals surface area contributed by atoms with Crippen LogP contribution >= 0.6 is 0 Å². The fourth-order valence-electron chi connectivity index (χ4n) is 5.37. The standard InChI is InChI=1S/C33H38N4O6/c1-40-26-11-9-25(10-12-26)33(39)36(16-15-35-17-19-43-20-18-35)23-32(38)37-30(24-7-5-4-6-8-24)22-29(34-37)28-14-13-27(41-2)21-31(28)42-3/h4-14,21,30H,15-20,22-23H2,1-3H3/t30-/m1/s1. The van der Waals surface area contributed by atoms with Gasteiger partial charge in [-0.2, -0.15) is 5.10 Å². The Balaban J connectivity index is 1.43. The Hall–Kier alpha value is -4.41. The summed E-state index contributed by atoms with van der Waals surface area (Å²) in [7, 11) is 4.79. The zero-order valence-electron chi connectivity index (χ0n) is 24.9. The van der Waals surface area contributed by atoms with Crippen LogP contribution in [0.1, 0.15) is 33.9 Å². The maximum absolute atomic E-state index is 14.1. The van der Waals surface area contributed by atoms with Crippen molar-refractivity contribution in [3.63, 3.8) is 0 Å². The maximum atomic E-state index is 14.1. The molecule has 0 bridgehead atoms. The van der Waals surface area contributed by atoms with E-state index in [2.05, 4.69) is 4.90 Å². The third kappa shape index (κ3) is 7.15. The summed E-state index contributed by atoms with van der Waals surface area (Å²) in [5.74, 6) is 1.45.